The lowest BCUT2D eigenvalue weighted by Gasteiger charge is -2.09. The Morgan fingerprint density at radius 1 is 1.50 bits per heavy atom. The maximum absolute atomic E-state index is 4.27. The molecule has 0 radical (unpaired) electrons. The molecule has 3 nitrogen and oxygen atoms in total. The highest BCUT2D eigenvalue weighted by Crippen LogP contribution is 2.52. The van der Waals surface area contributed by atoms with Gasteiger partial charge in [0.05, 0.1) is 6.33 Å². The van der Waals surface area contributed by atoms with Crippen LogP contribution in [-0.2, 0) is 6.42 Å². The summed E-state index contributed by atoms with van der Waals surface area (Å²) in [6.07, 6.45) is 6.44. The van der Waals surface area contributed by atoms with Gasteiger partial charge in [-0.05, 0) is 18.3 Å². The summed E-state index contributed by atoms with van der Waals surface area (Å²) in [5.41, 5.74) is 1.42. The first-order valence-corrected chi connectivity index (χ1v) is 5.63. The van der Waals surface area contributed by atoms with Crippen LogP contribution in [0.3, 0.4) is 0 Å². The maximum atomic E-state index is 4.27. The summed E-state index contributed by atoms with van der Waals surface area (Å²) in [4.78, 5) is 4.27. The molecule has 76 valence electrons. The molecule has 0 spiro atoms. The molecule has 1 N–H and O–H groups in total. The Morgan fingerprint density at radius 3 is 3.00 bits per heavy atom. The van der Waals surface area contributed by atoms with E-state index in [-0.39, 0.29) is 0 Å². The molecule has 1 aromatic rings. The van der Waals surface area contributed by atoms with Crippen molar-refractivity contribution >= 4 is 0 Å². The zero-order valence-electron chi connectivity index (χ0n) is 8.61. The van der Waals surface area contributed by atoms with Crippen molar-refractivity contribution in [1.29, 1.82) is 0 Å². The molecule has 2 atom stereocenters. The molecule has 3 rings (SSSR count). The first-order chi connectivity index (χ1) is 6.92. The van der Waals surface area contributed by atoms with Crippen LogP contribution in [0.15, 0.2) is 12.5 Å². The zero-order valence-corrected chi connectivity index (χ0v) is 8.61. The summed E-state index contributed by atoms with van der Waals surface area (Å²) < 4.78 is 2.42. The van der Waals surface area contributed by atoms with Gasteiger partial charge in [-0.1, -0.05) is 13.3 Å². The van der Waals surface area contributed by atoms with Gasteiger partial charge in [0.15, 0.2) is 0 Å². The standard InChI is InChI=1S/C11H17N3/c1-2-3-8-4-13-7-14(8)11-9-5-12-6-10(9)11/h4,7,9-12H,2-3,5-6H2,1H3. The van der Waals surface area contributed by atoms with Gasteiger partial charge in [0, 0.05) is 31.0 Å². The lowest BCUT2D eigenvalue weighted by molar-refractivity contribution is 0.551. The molecule has 0 aromatic carbocycles. The van der Waals surface area contributed by atoms with Crippen LogP contribution < -0.4 is 5.32 Å². The molecule has 3 heteroatoms. The first kappa shape index (κ1) is 8.48. The van der Waals surface area contributed by atoms with E-state index in [9.17, 15) is 0 Å². The van der Waals surface area contributed by atoms with Crippen molar-refractivity contribution in [2.75, 3.05) is 13.1 Å². The molecule has 1 aliphatic carbocycles. The van der Waals surface area contributed by atoms with Crippen LogP contribution in [0.25, 0.3) is 0 Å². The van der Waals surface area contributed by atoms with Crippen LogP contribution in [0.1, 0.15) is 25.1 Å². The summed E-state index contributed by atoms with van der Waals surface area (Å²) in [6.45, 7) is 4.64. The Morgan fingerprint density at radius 2 is 2.29 bits per heavy atom. The van der Waals surface area contributed by atoms with Gasteiger partial charge in [-0.3, -0.25) is 0 Å². The number of hydrogen-bond acceptors (Lipinski definition) is 2. The molecule has 1 aliphatic heterocycles. The van der Waals surface area contributed by atoms with Gasteiger partial charge in [-0.25, -0.2) is 4.98 Å². The van der Waals surface area contributed by atoms with Crippen molar-refractivity contribution in [2.45, 2.75) is 25.8 Å². The number of nitrogens with one attached hydrogen (secondary N) is 1. The third kappa shape index (κ3) is 1.12. The molecular weight excluding hydrogens is 174 g/mol. The second-order valence-corrected chi connectivity index (χ2v) is 4.52. The van der Waals surface area contributed by atoms with Gasteiger partial charge < -0.3 is 9.88 Å². The Kier molecular flexibility index (Phi) is 1.87. The summed E-state index contributed by atoms with van der Waals surface area (Å²) in [5.74, 6) is 1.78. The fraction of sp³-hybridized carbons (Fsp3) is 0.727. The maximum Gasteiger partial charge on any atom is 0.0950 e. The van der Waals surface area contributed by atoms with Gasteiger partial charge in [0.2, 0.25) is 0 Å². The third-order valence-electron chi connectivity index (χ3n) is 3.62. The van der Waals surface area contributed by atoms with Crippen LogP contribution >= 0.6 is 0 Å². The minimum Gasteiger partial charge on any atom is -0.331 e. The van der Waals surface area contributed by atoms with Gasteiger partial charge in [0.1, 0.15) is 0 Å². The van der Waals surface area contributed by atoms with E-state index < -0.39 is 0 Å². The Bertz CT molecular complexity index is 321. The zero-order chi connectivity index (χ0) is 9.54. The molecular formula is C11H17N3. The van der Waals surface area contributed by atoms with E-state index in [1.165, 1.54) is 31.6 Å². The first-order valence-electron chi connectivity index (χ1n) is 5.63. The number of aromatic nitrogens is 2. The lowest BCUT2D eigenvalue weighted by atomic mass is 10.2. The average molecular weight is 191 g/mol. The predicted molar refractivity (Wildman–Crippen MR) is 55.1 cm³/mol. The quantitative estimate of drug-likeness (QED) is 0.778. The number of hydrogen-bond donors (Lipinski definition) is 1. The smallest absolute Gasteiger partial charge is 0.0950 e. The summed E-state index contributed by atoms with van der Waals surface area (Å²) in [5, 5.41) is 3.43. The summed E-state index contributed by atoms with van der Waals surface area (Å²) in [7, 11) is 0. The van der Waals surface area contributed by atoms with E-state index in [4.69, 9.17) is 0 Å². The van der Waals surface area contributed by atoms with E-state index in [0.29, 0.717) is 0 Å². The second kappa shape index (κ2) is 3.09. The number of rotatable bonds is 3. The molecule has 2 aliphatic rings. The van der Waals surface area contributed by atoms with Crippen molar-refractivity contribution in [3.05, 3.63) is 18.2 Å². The Balaban J connectivity index is 1.80. The lowest BCUT2D eigenvalue weighted by Crippen LogP contribution is -2.17. The number of fused-ring (bicyclic) bond motifs is 1. The van der Waals surface area contributed by atoms with E-state index in [2.05, 4.69) is 21.8 Å². The fourth-order valence-corrected chi connectivity index (χ4v) is 2.85. The van der Waals surface area contributed by atoms with Crippen molar-refractivity contribution in [3.8, 4) is 0 Å². The van der Waals surface area contributed by atoms with Gasteiger partial charge >= 0.3 is 0 Å². The Labute approximate surface area is 84.5 Å². The van der Waals surface area contributed by atoms with E-state index in [1.54, 1.807) is 0 Å². The van der Waals surface area contributed by atoms with Crippen molar-refractivity contribution in [2.24, 2.45) is 11.8 Å². The highest BCUT2D eigenvalue weighted by Gasteiger charge is 2.54. The molecule has 1 saturated heterocycles. The monoisotopic (exact) mass is 191 g/mol. The van der Waals surface area contributed by atoms with E-state index in [0.717, 1.165) is 17.9 Å². The fourth-order valence-electron chi connectivity index (χ4n) is 2.85. The predicted octanol–water partition coefficient (Wildman–Crippen LogP) is 1.23. The number of nitrogens with zero attached hydrogens (tertiary/aromatic N) is 2. The number of aryl methyl sites for hydroxylation is 1. The minimum absolute atomic E-state index is 0.764. The summed E-state index contributed by atoms with van der Waals surface area (Å²) >= 11 is 0. The van der Waals surface area contributed by atoms with Crippen LogP contribution in [0, 0.1) is 11.8 Å². The van der Waals surface area contributed by atoms with Gasteiger partial charge in [0.25, 0.3) is 0 Å². The molecule has 14 heavy (non-hydrogen) atoms. The number of piperidine rings is 1. The second-order valence-electron chi connectivity index (χ2n) is 4.52. The molecule has 1 aromatic heterocycles. The van der Waals surface area contributed by atoms with Gasteiger partial charge in [-0.15, -0.1) is 0 Å². The highest BCUT2D eigenvalue weighted by atomic mass is 15.2. The molecule has 2 unspecified atom stereocenters. The molecule has 2 heterocycles. The van der Waals surface area contributed by atoms with Crippen LogP contribution in [0.5, 0.6) is 0 Å². The largest absolute Gasteiger partial charge is 0.331 e. The average Bonchev–Trinajstić information content (AvgIpc) is 2.63. The Hall–Kier alpha value is -0.830. The normalized spacial score (nSPS) is 34.5. The third-order valence-corrected chi connectivity index (χ3v) is 3.62. The van der Waals surface area contributed by atoms with Crippen molar-refractivity contribution in [3.63, 3.8) is 0 Å². The van der Waals surface area contributed by atoms with Crippen molar-refractivity contribution < 1.29 is 0 Å². The topological polar surface area (TPSA) is 29.9 Å². The van der Waals surface area contributed by atoms with Gasteiger partial charge in [-0.2, -0.15) is 0 Å². The molecule has 0 amide bonds. The van der Waals surface area contributed by atoms with Crippen LogP contribution in [0.2, 0.25) is 0 Å². The van der Waals surface area contributed by atoms with Crippen LogP contribution in [0.4, 0.5) is 0 Å². The highest BCUT2D eigenvalue weighted by molar-refractivity contribution is 5.13. The number of imidazole rings is 1. The summed E-state index contributed by atoms with van der Waals surface area (Å²) in [6, 6.07) is 0.764. The minimum atomic E-state index is 0.764. The van der Waals surface area contributed by atoms with Crippen molar-refractivity contribution in [1.82, 2.24) is 14.9 Å². The molecule has 1 saturated carbocycles. The molecule has 0 bridgehead atoms. The van der Waals surface area contributed by atoms with E-state index in [1.807, 2.05) is 12.5 Å². The van der Waals surface area contributed by atoms with Crippen LogP contribution in [-0.4, -0.2) is 22.6 Å². The SMILES string of the molecule is CCCc1cncn1C1C2CNCC21. The molecule has 2 fully saturated rings. The van der Waals surface area contributed by atoms with E-state index >= 15 is 0 Å².